The minimum atomic E-state index is -0.917. The molecule has 28 heavy (non-hydrogen) atoms. The second-order valence-electron chi connectivity index (χ2n) is 5.74. The third-order valence-corrected chi connectivity index (χ3v) is 3.67. The van der Waals surface area contributed by atoms with Gasteiger partial charge in [0.2, 0.25) is 0 Å². The zero-order valence-corrected chi connectivity index (χ0v) is 15.4. The predicted molar refractivity (Wildman–Crippen MR) is 102 cm³/mol. The molecule has 0 saturated heterocycles. The summed E-state index contributed by atoms with van der Waals surface area (Å²) in [5.41, 5.74) is 1.87. The second kappa shape index (κ2) is 9.69. The van der Waals surface area contributed by atoms with Crippen LogP contribution in [0.3, 0.4) is 0 Å². The molecule has 0 bridgehead atoms. The Morgan fingerprint density at radius 2 is 1.79 bits per heavy atom. The predicted octanol–water partition coefficient (Wildman–Crippen LogP) is 2.87. The summed E-state index contributed by atoms with van der Waals surface area (Å²) in [7, 11) is 1.23. The molecule has 142 valence electrons. The van der Waals surface area contributed by atoms with Gasteiger partial charge < -0.3 is 14.8 Å². The molecule has 0 radical (unpaired) electrons. The quantitative estimate of drug-likeness (QED) is 0.471. The lowest BCUT2D eigenvalue weighted by Gasteiger charge is -2.09. The Balaban J connectivity index is 2.00. The molecule has 2 aromatic carbocycles. The van der Waals surface area contributed by atoms with Crippen LogP contribution in [0.4, 0.5) is 5.69 Å². The van der Waals surface area contributed by atoms with Crippen molar-refractivity contribution in [3.8, 4) is 6.07 Å². The zero-order chi connectivity index (χ0) is 20.5. The lowest BCUT2D eigenvalue weighted by molar-refractivity contribution is -0.142. The summed E-state index contributed by atoms with van der Waals surface area (Å²) in [6.45, 7) is 1.31. The van der Waals surface area contributed by atoms with E-state index in [-0.39, 0.29) is 16.8 Å². The van der Waals surface area contributed by atoms with Gasteiger partial charge in [-0.1, -0.05) is 42.0 Å². The third-order valence-electron chi connectivity index (χ3n) is 3.67. The number of aryl methyl sites for hydroxylation is 1. The molecule has 0 saturated carbocycles. The van der Waals surface area contributed by atoms with E-state index < -0.39 is 24.5 Å². The highest BCUT2D eigenvalue weighted by molar-refractivity contribution is 6.03. The summed E-state index contributed by atoms with van der Waals surface area (Å²) in [6.07, 6.45) is 1.38. The van der Waals surface area contributed by atoms with Crippen molar-refractivity contribution in [3.05, 3.63) is 70.8 Å². The molecule has 0 atom stereocenters. The molecule has 0 fully saturated rings. The van der Waals surface area contributed by atoms with E-state index in [0.29, 0.717) is 5.56 Å². The minimum Gasteiger partial charge on any atom is -0.465 e. The number of anilines is 1. The van der Waals surface area contributed by atoms with Crippen molar-refractivity contribution in [2.24, 2.45) is 0 Å². The van der Waals surface area contributed by atoms with Crippen LogP contribution in [0.2, 0.25) is 0 Å². The summed E-state index contributed by atoms with van der Waals surface area (Å²) in [4.78, 5) is 35.8. The lowest BCUT2D eigenvalue weighted by atomic mass is 10.1. The molecular weight excluding hydrogens is 360 g/mol. The molecule has 0 spiro atoms. The molecular formula is C21H18N2O5. The summed E-state index contributed by atoms with van der Waals surface area (Å²) >= 11 is 0. The molecule has 1 amide bonds. The van der Waals surface area contributed by atoms with Crippen molar-refractivity contribution in [1.29, 1.82) is 5.26 Å². The molecule has 0 unspecified atom stereocenters. The summed E-state index contributed by atoms with van der Waals surface area (Å²) in [5, 5.41) is 11.6. The molecule has 1 N–H and O–H groups in total. The van der Waals surface area contributed by atoms with Crippen molar-refractivity contribution in [2.75, 3.05) is 19.0 Å². The Kier molecular flexibility index (Phi) is 7.06. The second-order valence-corrected chi connectivity index (χ2v) is 5.74. The maximum Gasteiger partial charge on any atom is 0.349 e. The molecule has 7 heteroatoms. The Morgan fingerprint density at radius 1 is 1.11 bits per heavy atom. The van der Waals surface area contributed by atoms with E-state index in [1.807, 2.05) is 19.1 Å². The first kappa shape index (κ1) is 20.4. The number of ether oxygens (including phenoxy) is 2. The third kappa shape index (κ3) is 5.54. The summed E-state index contributed by atoms with van der Waals surface area (Å²) in [6, 6.07) is 15.2. The van der Waals surface area contributed by atoms with Gasteiger partial charge in [-0.15, -0.1) is 0 Å². The highest BCUT2D eigenvalue weighted by Crippen LogP contribution is 2.16. The van der Waals surface area contributed by atoms with Crippen molar-refractivity contribution in [3.63, 3.8) is 0 Å². The van der Waals surface area contributed by atoms with Crippen LogP contribution in [-0.4, -0.2) is 31.6 Å². The highest BCUT2D eigenvalue weighted by atomic mass is 16.5. The number of benzene rings is 2. The van der Waals surface area contributed by atoms with E-state index in [1.54, 1.807) is 30.3 Å². The van der Waals surface area contributed by atoms with Gasteiger partial charge in [-0.3, -0.25) is 4.79 Å². The van der Waals surface area contributed by atoms with E-state index in [0.717, 1.165) is 5.56 Å². The normalized spacial score (nSPS) is 10.5. The topological polar surface area (TPSA) is 105 Å². The largest absolute Gasteiger partial charge is 0.465 e. The first-order valence-electron chi connectivity index (χ1n) is 8.27. The molecule has 7 nitrogen and oxygen atoms in total. The van der Waals surface area contributed by atoms with Crippen LogP contribution in [-0.2, 0) is 19.1 Å². The lowest BCUT2D eigenvalue weighted by Crippen LogP contribution is -2.22. The van der Waals surface area contributed by atoms with Crippen molar-refractivity contribution in [2.45, 2.75) is 6.92 Å². The fraction of sp³-hybridized carbons (Fsp3) is 0.143. The number of hydrogen-bond donors (Lipinski definition) is 1. The number of carbonyl (C=O) groups excluding carboxylic acids is 3. The van der Waals surface area contributed by atoms with Crippen LogP contribution in [0.25, 0.3) is 6.08 Å². The van der Waals surface area contributed by atoms with Crippen molar-refractivity contribution >= 4 is 29.6 Å². The van der Waals surface area contributed by atoms with Gasteiger partial charge in [-0.25, -0.2) is 9.59 Å². The number of carbonyl (C=O) groups is 3. The average molecular weight is 378 g/mol. The van der Waals surface area contributed by atoms with Crippen LogP contribution >= 0.6 is 0 Å². The fourth-order valence-electron chi connectivity index (χ4n) is 2.24. The van der Waals surface area contributed by atoms with Gasteiger partial charge in [0.15, 0.2) is 6.61 Å². The molecule has 0 aliphatic rings. The van der Waals surface area contributed by atoms with Crippen LogP contribution in [0.5, 0.6) is 0 Å². The van der Waals surface area contributed by atoms with Gasteiger partial charge >= 0.3 is 11.9 Å². The Morgan fingerprint density at radius 3 is 2.43 bits per heavy atom. The van der Waals surface area contributed by atoms with Gasteiger partial charge in [0.1, 0.15) is 11.6 Å². The molecule has 0 aliphatic carbocycles. The number of para-hydroxylation sites is 1. The molecule has 0 aromatic heterocycles. The number of esters is 2. The average Bonchev–Trinajstić information content (AvgIpc) is 2.71. The number of nitrogens with zero attached hydrogens (tertiary/aromatic N) is 1. The van der Waals surface area contributed by atoms with Crippen molar-refractivity contribution < 1.29 is 23.9 Å². The van der Waals surface area contributed by atoms with Gasteiger partial charge in [-0.2, -0.15) is 5.26 Å². The standard InChI is InChI=1S/C21H18N2O5/c1-14-7-9-15(10-8-14)11-16(12-22)20(25)28-13-19(24)23-18-6-4-3-5-17(18)21(26)27-2/h3-11H,13H2,1-2H3,(H,23,24)/b16-11+. The first-order chi connectivity index (χ1) is 13.4. The van der Waals surface area contributed by atoms with Crippen LogP contribution in [0.15, 0.2) is 54.1 Å². The van der Waals surface area contributed by atoms with E-state index in [1.165, 1.54) is 25.3 Å². The maximum absolute atomic E-state index is 12.1. The van der Waals surface area contributed by atoms with E-state index >= 15 is 0 Å². The number of rotatable bonds is 6. The zero-order valence-electron chi connectivity index (χ0n) is 15.4. The first-order valence-corrected chi connectivity index (χ1v) is 8.27. The summed E-state index contributed by atoms with van der Waals surface area (Å²) < 4.78 is 9.54. The smallest absolute Gasteiger partial charge is 0.349 e. The number of hydrogen-bond acceptors (Lipinski definition) is 6. The van der Waals surface area contributed by atoms with Crippen LogP contribution in [0, 0.1) is 18.3 Å². The minimum absolute atomic E-state index is 0.168. The highest BCUT2D eigenvalue weighted by Gasteiger charge is 2.16. The van der Waals surface area contributed by atoms with Gasteiger partial charge in [-0.05, 0) is 30.7 Å². The van der Waals surface area contributed by atoms with E-state index in [4.69, 9.17) is 10.00 Å². The van der Waals surface area contributed by atoms with E-state index in [9.17, 15) is 14.4 Å². The number of nitrogens with one attached hydrogen (secondary N) is 1. The Bertz CT molecular complexity index is 956. The fourth-order valence-corrected chi connectivity index (χ4v) is 2.24. The van der Waals surface area contributed by atoms with Gasteiger partial charge in [0, 0.05) is 0 Å². The number of amides is 1. The summed E-state index contributed by atoms with van der Waals surface area (Å²) in [5.74, 6) is -2.18. The molecule has 2 rings (SSSR count). The van der Waals surface area contributed by atoms with Crippen LogP contribution in [0.1, 0.15) is 21.5 Å². The molecule has 0 heterocycles. The Hall–Kier alpha value is -3.92. The van der Waals surface area contributed by atoms with Gasteiger partial charge in [0.25, 0.3) is 5.91 Å². The SMILES string of the molecule is COC(=O)c1ccccc1NC(=O)COC(=O)/C(C#N)=C/c1ccc(C)cc1. The Labute approximate surface area is 162 Å². The van der Waals surface area contributed by atoms with Gasteiger partial charge in [0.05, 0.1) is 18.4 Å². The number of nitriles is 1. The molecule has 0 aliphatic heterocycles. The molecule has 2 aromatic rings. The van der Waals surface area contributed by atoms with Crippen LogP contribution < -0.4 is 5.32 Å². The van der Waals surface area contributed by atoms with E-state index in [2.05, 4.69) is 10.1 Å². The van der Waals surface area contributed by atoms with Crippen molar-refractivity contribution in [1.82, 2.24) is 0 Å². The number of methoxy groups -OCH3 is 1. The monoisotopic (exact) mass is 378 g/mol. The maximum atomic E-state index is 12.1.